The minimum absolute atomic E-state index is 0.0338. The van der Waals surface area contributed by atoms with E-state index < -0.39 is 10.0 Å². The molecule has 7 heteroatoms. The number of benzene rings is 2. The molecule has 0 aliphatic heterocycles. The molecule has 0 saturated heterocycles. The molecule has 1 aliphatic carbocycles. The van der Waals surface area contributed by atoms with Gasteiger partial charge in [0.15, 0.2) is 0 Å². The second kappa shape index (κ2) is 5.75. The highest BCUT2D eigenvalue weighted by Gasteiger charge is 2.24. The van der Waals surface area contributed by atoms with Crippen LogP contribution in [0.2, 0.25) is 0 Å². The Labute approximate surface area is 141 Å². The molecule has 2 N–H and O–H groups in total. The summed E-state index contributed by atoms with van der Waals surface area (Å²) in [4.78, 5) is 12.1. The number of sulfonamides is 1. The molecule has 0 atom stereocenters. The smallest absolute Gasteiger partial charge is 0.282 e. The highest BCUT2D eigenvalue weighted by molar-refractivity contribution is 9.10. The Morgan fingerprint density at radius 3 is 2.22 bits per heavy atom. The third-order valence-corrected chi connectivity index (χ3v) is 5.17. The molecule has 0 radical (unpaired) electrons. The van der Waals surface area contributed by atoms with Crippen LogP contribution < -0.4 is 5.73 Å². The van der Waals surface area contributed by atoms with Gasteiger partial charge in [-0.15, -0.1) is 0 Å². The number of carbonyl (C=O) groups excluding carboxylic acids is 1. The SMILES string of the molecule is NC1=CC(=NS(=O)(=O)c2ccc(Br)cc2)c2ccccc2C1=O. The first-order chi connectivity index (χ1) is 10.9. The lowest BCUT2D eigenvalue weighted by atomic mass is 9.93. The number of rotatable bonds is 2. The molecule has 3 rings (SSSR count). The summed E-state index contributed by atoms with van der Waals surface area (Å²) in [5.41, 5.74) is 6.61. The summed E-state index contributed by atoms with van der Waals surface area (Å²) in [5, 5.41) is 0. The van der Waals surface area contributed by atoms with Crippen LogP contribution in [0.15, 0.2) is 74.1 Å². The first kappa shape index (κ1) is 15.6. The van der Waals surface area contributed by atoms with Gasteiger partial charge in [-0.3, -0.25) is 4.79 Å². The second-order valence-corrected chi connectivity index (χ2v) is 7.40. The van der Waals surface area contributed by atoms with E-state index in [1.807, 2.05) is 0 Å². The Balaban J connectivity index is 2.15. The number of hydrogen-bond acceptors (Lipinski definition) is 4. The Morgan fingerprint density at radius 1 is 0.957 bits per heavy atom. The first-order valence-electron chi connectivity index (χ1n) is 6.60. The fourth-order valence-electron chi connectivity index (χ4n) is 2.21. The zero-order chi connectivity index (χ0) is 16.6. The normalized spacial score (nSPS) is 16.1. The fourth-order valence-corrected chi connectivity index (χ4v) is 3.47. The van der Waals surface area contributed by atoms with Gasteiger partial charge in [0.05, 0.1) is 16.3 Å². The average Bonchev–Trinajstić information content (AvgIpc) is 2.52. The van der Waals surface area contributed by atoms with Crippen LogP contribution in [0.5, 0.6) is 0 Å². The molecule has 0 unspecified atom stereocenters. The summed E-state index contributed by atoms with van der Waals surface area (Å²) in [6.45, 7) is 0. The van der Waals surface area contributed by atoms with Gasteiger partial charge in [0.1, 0.15) is 0 Å². The van der Waals surface area contributed by atoms with E-state index in [0.29, 0.717) is 11.1 Å². The average molecular weight is 391 g/mol. The van der Waals surface area contributed by atoms with Crippen LogP contribution in [0.4, 0.5) is 0 Å². The van der Waals surface area contributed by atoms with Crippen molar-refractivity contribution in [3.8, 4) is 0 Å². The van der Waals surface area contributed by atoms with Gasteiger partial charge in [-0.25, -0.2) is 0 Å². The van der Waals surface area contributed by atoms with E-state index in [1.165, 1.54) is 18.2 Å². The quantitative estimate of drug-likeness (QED) is 0.853. The Morgan fingerprint density at radius 2 is 1.57 bits per heavy atom. The second-order valence-electron chi connectivity index (χ2n) is 4.88. The van der Waals surface area contributed by atoms with Crippen LogP contribution in [0.3, 0.4) is 0 Å². The van der Waals surface area contributed by atoms with Gasteiger partial charge in [-0.05, 0) is 30.3 Å². The van der Waals surface area contributed by atoms with Crippen molar-refractivity contribution in [2.45, 2.75) is 4.90 Å². The van der Waals surface area contributed by atoms with E-state index in [4.69, 9.17) is 5.73 Å². The van der Waals surface area contributed by atoms with Gasteiger partial charge in [0, 0.05) is 15.6 Å². The molecule has 2 aromatic rings. The maximum absolute atomic E-state index is 12.5. The topological polar surface area (TPSA) is 89.6 Å². The molecule has 5 nitrogen and oxygen atoms in total. The maximum Gasteiger partial charge on any atom is 0.282 e. The molecule has 2 aromatic carbocycles. The Bertz CT molecular complexity index is 961. The highest BCUT2D eigenvalue weighted by Crippen LogP contribution is 2.22. The van der Waals surface area contributed by atoms with E-state index in [0.717, 1.165) is 4.47 Å². The van der Waals surface area contributed by atoms with Gasteiger partial charge < -0.3 is 5.73 Å². The minimum atomic E-state index is -3.90. The molecule has 23 heavy (non-hydrogen) atoms. The lowest BCUT2D eigenvalue weighted by Gasteiger charge is -2.14. The molecule has 0 amide bonds. The van der Waals surface area contributed by atoms with Crippen molar-refractivity contribution in [3.05, 3.63) is 75.9 Å². The number of nitrogens with zero attached hydrogens (tertiary/aromatic N) is 1. The van der Waals surface area contributed by atoms with E-state index >= 15 is 0 Å². The molecule has 0 aromatic heterocycles. The number of ketones is 1. The summed E-state index contributed by atoms with van der Waals surface area (Å²) >= 11 is 3.25. The van der Waals surface area contributed by atoms with Gasteiger partial charge in [-0.1, -0.05) is 40.2 Å². The van der Waals surface area contributed by atoms with Crippen molar-refractivity contribution in [1.82, 2.24) is 0 Å². The summed E-state index contributed by atoms with van der Waals surface area (Å²) in [6, 6.07) is 12.8. The van der Waals surface area contributed by atoms with Gasteiger partial charge in [0.25, 0.3) is 10.0 Å². The van der Waals surface area contributed by atoms with E-state index in [2.05, 4.69) is 20.3 Å². The van der Waals surface area contributed by atoms with Crippen molar-refractivity contribution >= 4 is 37.4 Å². The number of halogens is 1. The van der Waals surface area contributed by atoms with E-state index in [1.54, 1.807) is 36.4 Å². The number of allylic oxidation sites excluding steroid dienone is 2. The molecule has 116 valence electrons. The first-order valence-corrected chi connectivity index (χ1v) is 8.83. The maximum atomic E-state index is 12.5. The van der Waals surface area contributed by atoms with Crippen molar-refractivity contribution in [2.75, 3.05) is 0 Å². The van der Waals surface area contributed by atoms with Crippen LogP contribution in [-0.2, 0) is 10.0 Å². The standard InChI is InChI=1S/C16H11BrN2O3S/c17-10-5-7-11(8-6-10)23(21,22)19-15-9-14(18)16(20)13-4-2-1-3-12(13)15/h1-9H,18H2. The zero-order valence-corrected chi connectivity index (χ0v) is 14.1. The van der Waals surface area contributed by atoms with Crippen LogP contribution in [-0.4, -0.2) is 19.9 Å². The van der Waals surface area contributed by atoms with Crippen molar-refractivity contribution in [2.24, 2.45) is 10.1 Å². The summed E-state index contributed by atoms with van der Waals surface area (Å²) in [6.07, 6.45) is 1.29. The lowest BCUT2D eigenvalue weighted by Crippen LogP contribution is -2.22. The van der Waals surface area contributed by atoms with Crippen LogP contribution in [0.25, 0.3) is 0 Å². The number of carbonyl (C=O) groups is 1. The number of Topliss-reactive ketones (excluding diaryl/α,β-unsaturated/α-hetero) is 1. The molecule has 0 fully saturated rings. The summed E-state index contributed by atoms with van der Waals surface area (Å²) in [5.74, 6) is -0.333. The Kier molecular flexibility index (Phi) is 3.91. The summed E-state index contributed by atoms with van der Waals surface area (Å²) in [7, 11) is -3.90. The van der Waals surface area contributed by atoms with Gasteiger partial charge in [-0.2, -0.15) is 12.8 Å². The molecular formula is C16H11BrN2O3S. The van der Waals surface area contributed by atoms with Crippen LogP contribution >= 0.6 is 15.9 Å². The lowest BCUT2D eigenvalue weighted by molar-refractivity contribution is 0.103. The van der Waals surface area contributed by atoms with Crippen molar-refractivity contribution in [1.29, 1.82) is 0 Å². The van der Waals surface area contributed by atoms with Crippen LogP contribution in [0.1, 0.15) is 15.9 Å². The van der Waals surface area contributed by atoms with Crippen molar-refractivity contribution in [3.63, 3.8) is 0 Å². The molecule has 1 aliphatic rings. The highest BCUT2D eigenvalue weighted by atomic mass is 79.9. The van der Waals surface area contributed by atoms with Gasteiger partial charge in [0.2, 0.25) is 5.78 Å². The number of nitrogens with two attached hydrogens (primary N) is 1. The fraction of sp³-hybridized carbons (Fsp3) is 0. The number of hydrogen-bond donors (Lipinski definition) is 1. The minimum Gasteiger partial charge on any atom is -0.395 e. The van der Waals surface area contributed by atoms with Crippen molar-refractivity contribution < 1.29 is 13.2 Å². The third-order valence-electron chi connectivity index (χ3n) is 3.33. The number of fused-ring (bicyclic) bond motifs is 1. The predicted octanol–water partition coefficient (Wildman–Crippen LogP) is 2.67. The molecule has 0 heterocycles. The largest absolute Gasteiger partial charge is 0.395 e. The molecule has 0 spiro atoms. The van der Waals surface area contributed by atoms with E-state index in [-0.39, 0.29) is 22.1 Å². The molecular weight excluding hydrogens is 380 g/mol. The monoisotopic (exact) mass is 390 g/mol. The Hall–Kier alpha value is -2.25. The van der Waals surface area contributed by atoms with Crippen LogP contribution in [0, 0.1) is 0 Å². The molecule has 0 bridgehead atoms. The third kappa shape index (κ3) is 2.97. The molecule has 0 saturated carbocycles. The zero-order valence-electron chi connectivity index (χ0n) is 11.7. The van der Waals surface area contributed by atoms with Gasteiger partial charge >= 0.3 is 0 Å². The van der Waals surface area contributed by atoms with E-state index in [9.17, 15) is 13.2 Å². The summed E-state index contributed by atoms with van der Waals surface area (Å²) < 4.78 is 29.5. The predicted molar refractivity (Wildman–Crippen MR) is 90.9 cm³/mol.